The smallest absolute Gasteiger partial charge is 0.227 e. The van der Waals surface area contributed by atoms with Crippen LogP contribution in [0.15, 0.2) is 29.4 Å². The van der Waals surface area contributed by atoms with E-state index >= 15 is 0 Å². The Kier molecular flexibility index (Phi) is 4.85. The molecular formula is C14H18N4O2S. The van der Waals surface area contributed by atoms with E-state index in [4.69, 9.17) is 10.5 Å². The number of primary amides is 1. The maximum Gasteiger partial charge on any atom is 0.227 e. The molecular weight excluding hydrogens is 288 g/mol. The van der Waals surface area contributed by atoms with E-state index in [1.54, 1.807) is 0 Å². The maximum absolute atomic E-state index is 10.8. The number of rotatable bonds is 6. The third-order valence-corrected chi connectivity index (χ3v) is 3.92. The Hall–Kier alpha value is -2.02. The predicted octanol–water partition coefficient (Wildman–Crippen LogP) is 1.84. The van der Waals surface area contributed by atoms with Crippen molar-refractivity contribution >= 4 is 17.7 Å². The van der Waals surface area contributed by atoms with Crippen LogP contribution in [0.4, 0.5) is 0 Å². The van der Waals surface area contributed by atoms with Crippen molar-refractivity contribution in [1.29, 1.82) is 0 Å². The molecule has 112 valence electrons. The van der Waals surface area contributed by atoms with Crippen molar-refractivity contribution in [3.63, 3.8) is 0 Å². The third kappa shape index (κ3) is 3.98. The van der Waals surface area contributed by atoms with Gasteiger partial charge < -0.3 is 15.0 Å². The molecule has 1 atom stereocenters. The highest BCUT2D eigenvalue weighted by atomic mass is 32.2. The second-order valence-electron chi connectivity index (χ2n) is 4.73. The fraction of sp³-hybridized carbons (Fsp3) is 0.357. The van der Waals surface area contributed by atoms with Gasteiger partial charge in [-0.15, -0.1) is 10.2 Å². The number of nitrogens with zero attached hydrogens (tertiary/aromatic N) is 3. The summed E-state index contributed by atoms with van der Waals surface area (Å²) in [4.78, 5) is 10.8. The van der Waals surface area contributed by atoms with Gasteiger partial charge >= 0.3 is 0 Å². The normalized spacial score (nSPS) is 12.1. The topological polar surface area (TPSA) is 83.0 Å². The molecule has 2 aromatic rings. The molecule has 1 amide bonds. The molecule has 0 radical (unpaired) electrons. The average molecular weight is 306 g/mol. The van der Waals surface area contributed by atoms with Crippen molar-refractivity contribution in [3.05, 3.63) is 35.7 Å². The van der Waals surface area contributed by atoms with Crippen molar-refractivity contribution < 1.29 is 9.53 Å². The van der Waals surface area contributed by atoms with E-state index in [1.165, 1.54) is 11.8 Å². The van der Waals surface area contributed by atoms with Crippen LogP contribution < -0.4 is 10.5 Å². The molecule has 21 heavy (non-hydrogen) atoms. The first-order chi connectivity index (χ1) is 9.97. The highest BCUT2D eigenvalue weighted by Gasteiger charge is 2.17. The van der Waals surface area contributed by atoms with Gasteiger partial charge in [0.05, 0.1) is 5.75 Å². The van der Waals surface area contributed by atoms with Crippen LogP contribution in [-0.4, -0.2) is 26.4 Å². The van der Waals surface area contributed by atoms with E-state index in [-0.39, 0.29) is 17.8 Å². The van der Waals surface area contributed by atoms with Gasteiger partial charge in [0.25, 0.3) is 0 Å². The molecule has 7 heteroatoms. The van der Waals surface area contributed by atoms with Gasteiger partial charge in [-0.25, -0.2) is 0 Å². The molecule has 0 bridgehead atoms. The van der Waals surface area contributed by atoms with Crippen LogP contribution in [-0.2, 0) is 11.8 Å². The summed E-state index contributed by atoms with van der Waals surface area (Å²) in [6.07, 6.45) is -0.243. The number of carbonyl (C=O) groups is 1. The summed E-state index contributed by atoms with van der Waals surface area (Å²) in [6, 6.07) is 7.83. The first kappa shape index (κ1) is 15.4. The van der Waals surface area contributed by atoms with Crippen LogP contribution in [0.2, 0.25) is 0 Å². The maximum atomic E-state index is 10.8. The number of thioether (sulfide) groups is 1. The van der Waals surface area contributed by atoms with Gasteiger partial charge in [-0.2, -0.15) is 0 Å². The number of aromatic nitrogens is 3. The van der Waals surface area contributed by atoms with E-state index < -0.39 is 0 Å². The Balaban J connectivity index is 2.09. The molecule has 6 nitrogen and oxygen atoms in total. The molecule has 0 aliphatic heterocycles. The van der Waals surface area contributed by atoms with Gasteiger partial charge in [0.2, 0.25) is 5.91 Å². The zero-order valence-electron chi connectivity index (χ0n) is 12.2. The summed E-state index contributed by atoms with van der Waals surface area (Å²) in [5, 5.41) is 8.83. The summed E-state index contributed by atoms with van der Waals surface area (Å²) in [5.41, 5.74) is 6.27. The summed E-state index contributed by atoms with van der Waals surface area (Å²) < 4.78 is 7.69. The Labute approximate surface area is 127 Å². The van der Waals surface area contributed by atoms with Crippen LogP contribution in [0, 0.1) is 6.92 Å². The molecule has 2 rings (SSSR count). The van der Waals surface area contributed by atoms with E-state index in [0.29, 0.717) is 11.0 Å². The molecule has 2 N–H and O–H groups in total. The molecule has 0 aliphatic rings. The summed E-state index contributed by atoms with van der Waals surface area (Å²) in [7, 11) is 1.84. The number of ether oxygens (including phenoxy) is 1. The van der Waals surface area contributed by atoms with Gasteiger partial charge in [0, 0.05) is 7.05 Å². The number of hydrogen-bond acceptors (Lipinski definition) is 5. The van der Waals surface area contributed by atoms with Crippen molar-refractivity contribution in [2.75, 3.05) is 5.75 Å². The van der Waals surface area contributed by atoms with Crippen molar-refractivity contribution in [2.45, 2.75) is 25.1 Å². The molecule has 0 unspecified atom stereocenters. The molecule has 0 aliphatic carbocycles. The van der Waals surface area contributed by atoms with E-state index in [0.717, 1.165) is 11.3 Å². The van der Waals surface area contributed by atoms with E-state index in [1.807, 2.05) is 49.7 Å². The molecule has 1 heterocycles. The lowest BCUT2D eigenvalue weighted by Crippen LogP contribution is -2.14. The van der Waals surface area contributed by atoms with Crippen molar-refractivity contribution in [3.8, 4) is 5.75 Å². The van der Waals surface area contributed by atoms with Gasteiger partial charge in [-0.05, 0) is 31.5 Å². The van der Waals surface area contributed by atoms with Crippen LogP contribution in [0.25, 0.3) is 0 Å². The van der Waals surface area contributed by atoms with Crippen molar-refractivity contribution in [2.24, 2.45) is 12.8 Å². The molecule has 1 aromatic carbocycles. The number of hydrogen-bond donors (Lipinski definition) is 1. The zero-order chi connectivity index (χ0) is 15.4. The minimum absolute atomic E-state index is 0.180. The van der Waals surface area contributed by atoms with E-state index in [2.05, 4.69) is 10.2 Å². The highest BCUT2D eigenvalue weighted by molar-refractivity contribution is 7.99. The number of amides is 1. The van der Waals surface area contributed by atoms with Crippen LogP contribution >= 0.6 is 11.8 Å². The lowest BCUT2D eigenvalue weighted by atomic mass is 10.2. The Morgan fingerprint density at radius 2 is 2.24 bits per heavy atom. The Morgan fingerprint density at radius 3 is 2.90 bits per heavy atom. The van der Waals surface area contributed by atoms with Crippen LogP contribution in [0.5, 0.6) is 5.75 Å². The van der Waals surface area contributed by atoms with Gasteiger partial charge in [-0.1, -0.05) is 23.9 Å². The zero-order valence-corrected chi connectivity index (χ0v) is 13.1. The summed E-state index contributed by atoms with van der Waals surface area (Å²) >= 11 is 1.26. The highest BCUT2D eigenvalue weighted by Crippen LogP contribution is 2.23. The lowest BCUT2D eigenvalue weighted by molar-refractivity contribution is -0.115. The predicted molar refractivity (Wildman–Crippen MR) is 81.1 cm³/mol. The Morgan fingerprint density at radius 1 is 1.48 bits per heavy atom. The Bertz CT molecular complexity index is 642. The fourth-order valence-corrected chi connectivity index (χ4v) is 2.54. The van der Waals surface area contributed by atoms with E-state index in [9.17, 15) is 4.79 Å². The quantitative estimate of drug-likeness (QED) is 0.823. The second kappa shape index (κ2) is 6.62. The summed E-state index contributed by atoms with van der Waals surface area (Å²) in [6.45, 7) is 3.92. The fourth-order valence-electron chi connectivity index (χ4n) is 1.89. The molecule has 0 saturated heterocycles. The molecule has 0 spiro atoms. The number of nitrogens with two attached hydrogens (primary N) is 1. The standard InChI is InChI=1S/C14H18N4O2S/c1-9-5-4-6-11(7-9)20-10(2)13-16-17-14(18(13)3)21-8-12(15)19/h4-7,10H,8H2,1-3H3,(H2,15,19)/t10-/m0/s1. The van der Waals surface area contributed by atoms with Gasteiger partial charge in [0.15, 0.2) is 17.1 Å². The largest absolute Gasteiger partial charge is 0.483 e. The van der Waals surface area contributed by atoms with Gasteiger partial charge in [-0.3, -0.25) is 4.79 Å². The number of carbonyl (C=O) groups excluding carboxylic acids is 1. The van der Waals surface area contributed by atoms with Crippen LogP contribution in [0.1, 0.15) is 24.4 Å². The van der Waals surface area contributed by atoms with Crippen LogP contribution in [0.3, 0.4) is 0 Å². The average Bonchev–Trinajstić information content (AvgIpc) is 2.77. The van der Waals surface area contributed by atoms with Crippen molar-refractivity contribution in [1.82, 2.24) is 14.8 Å². The number of aryl methyl sites for hydroxylation is 1. The molecule has 0 fully saturated rings. The summed E-state index contributed by atoms with van der Waals surface area (Å²) in [5.74, 6) is 1.29. The lowest BCUT2D eigenvalue weighted by Gasteiger charge is -2.14. The first-order valence-corrected chi connectivity index (χ1v) is 7.49. The second-order valence-corrected chi connectivity index (χ2v) is 5.67. The van der Waals surface area contributed by atoms with Gasteiger partial charge in [0.1, 0.15) is 5.75 Å². The minimum Gasteiger partial charge on any atom is -0.483 e. The SMILES string of the molecule is Cc1cccc(O[C@@H](C)c2nnc(SCC(N)=O)n2C)c1. The molecule has 0 saturated carbocycles. The molecule has 1 aromatic heterocycles. The first-order valence-electron chi connectivity index (χ1n) is 6.51. The monoisotopic (exact) mass is 306 g/mol. The minimum atomic E-state index is -0.381. The third-order valence-electron chi connectivity index (χ3n) is 2.88. The number of benzene rings is 1.